The molecule has 0 aromatic carbocycles. The number of carbonyl (C=O) groups is 1. The number of thioether (sulfide) groups is 1. The smallest absolute Gasteiger partial charge is 0.323 e. The van der Waals surface area contributed by atoms with Gasteiger partial charge < -0.3 is 15.9 Å². The molecule has 0 radical (unpaired) electrons. The fourth-order valence-electron chi connectivity index (χ4n) is 1.25. The molecule has 12 heavy (non-hydrogen) atoms. The van der Waals surface area contributed by atoms with Crippen LogP contribution in [0, 0.1) is 0 Å². The quantitative estimate of drug-likeness (QED) is 0.568. The number of rotatable bonds is 3. The number of aliphatic hydroxyl groups is 1. The number of carboxylic acid groups (broad SMARTS) is 1. The third kappa shape index (κ3) is 2.12. The summed E-state index contributed by atoms with van der Waals surface area (Å²) in [6.45, 7) is 0. The molecule has 0 aliphatic carbocycles. The lowest BCUT2D eigenvalue weighted by atomic mass is 10.1. The molecule has 0 aromatic heterocycles. The fourth-order valence-corrected chi connectivity index (χ4v) is 2.59. The first-order valence-corrected chi connectivity index (χ1v) is 4.96. The lowest BCUT2D eigenvalue weighted by Crippen LogP contribution is -2.46. The fraction of sp³-hybridized carbons (Fsp3) is 0.857. The van der Waals surface area contributed by atoms with Crippen LogP contribution < -0.4 is 5.73 Å². The molecule has 0 aromatic rings. The van der Waals surface area contributed by atoms with Crippen LogP contribution >= 0.6 is 11.8 Å². The minimum absolute atomic E-state index is 0.0103. The Morgan fingerprint density at radius 2 is 2.33 bits per heavy atom. The van der Waals surface area contributed by atoms with Crippen LogP contribution in [0.15, 0.2) is 0 Å². The van der Waals surface area contributed by atoms with Gasteiger partial charge >= 0.3 is 5.97 Å². The molecule has 4 nitrogen and oxygen atoms in total. The molecule has 1 rings (SSSR count). The van der Waals surface area contributed by atoms with E-state index in [2.05, 4.69) is 0 Å². The van der Waals surface area contributed by atoms with Gasteiger partial charge in [0.1, 0.15) is 6.04 Å². The monoisotopic (exact) mass is 191 g/mol. The van der Waals surface area contributed by atoms with Gasteiger partial charge in [-0.25, -0.2) is 0 Å². The molecule has 0 saturated carbocycles. The lowest BCUT2D eigenvalue weighted by molar-refractivity contribution is -0.141. The maximum Gasteiger partial charge on any atom is 0.323 e. The largest absolute Gasteiger partial charge is 0.480 e. The molecule has 4 N–H and O–H groups in total. The Labute approximate surface area is 75.1 Å². The van der Waals surface area contributed by atoms with Gasteiger partial charge in [0.2, 0.25) is 0 Å². The second-order valence-corrected chi connectivity index (χ2v) is 4.25. The van der Waals surface area contributed by atoms with Crippen molar-refractivity contribution in [2.75, 3.05) is 5.75 Å². The summed E-state index contributed by atoms with van der Waals surface area (Å²) >= 11 is 1.60. The van der Waals surface area contributed by atoms with Gasteiger partial charge in [-0.05, 0) is 18.6 Å². The van der Waals surface area contributed by atoms with Crippen molar-refractivity contribution >= 4 is 17.7 Å². The van der Waals surface area contributed by atoms with Crippen molar-refractivity contribution < 1.29 is 15.0 Å². The molecule has 0 bridgehead atoms. The van der Waals surface area contributed by atoms with Crippen LogP contribution in [0.5, 0.6) is 0 Å². The van der Waals surface area contributed by atoms with Crippen molar-refractivity contribution in [1.82, 2.24) is 0 Å². The second kappa shape index (κ2) is 4.11. The zero-order chi connectivity index (χ0) is 9.14. The zero-order valence-corrected chi connectivity index (χ0v) is 7.46. The summed E-state index contributed by atoms with van der Waals surface area (Å²) in [7, 11) is 0. The molecule has 1 heterocycles. The third-order valence-corrected chi connectivity index (χ3v) is 3.47. The highest BCUT2D eigenvalue weighted by Crippen LogP contribution is 2.29. The van der Waals surface area contributed by atoms with Crippen molar-refractivity contribution in [3.63, 3.8) is 0 Å². The van der Waals surface area contributed by atoms with Gasteiger partial charge in [0.15, 0.2) is 0 Å². The topological polar surface area (TPSA) is 83.6 Å². The second-order valence-electron chi connectivity index (χ2n) is 2.91. The number of aliphatic hydroxyl groups excluding tert-OH is 1. The molecule has 0 spiro atoms. The van der Waals surface area contributed by atoms with Crippen LogP contribution in [0.2, 0.25) is 0 Å². The van der Waals surface area contributed by atoms with E-state index in [0.29, 0.717) is 0 Å². The van der Waals surface area contributed by atoms with Gasteiger partial charge in [-0.2, -0.15) is 11.8 Å². The molecular weight excluding hydrogens is 178 g/mol. The summed E-state index contributed by atoms with van der Waals surface area (Å²) in [6, 6.07) is -1.14. The van der Waals surface area contributed by atoms with E-state index in [1.165, 1.54) is 0 Å². The highest BCUT2D eigenvalue weighted by Gasteiger charge is 2.32. The number of hydrogen-bond donors (Lipinski definition) is 3. The normalized spacial score (nSPS) is 28.3. The molecule has 1 saturated heterocycles. The lowest BCUT2D eigenvalue weighted by Gasteiger charge is -2.20. The van der Waals surface area contributed by atoms with Crippen molar-refractivity contribution in [3.8, 4) is 0 Å². The average molecular weight is 191 g/mol. The Morgan fingerprint density at radius 1 is 1.67 bits per heavy atom. The van der Waals surface area contributed by atoms with Crippen molar-refractivity contribution in [3.05, 3.63) is 0 Å². The molecule has 3 unspecified atom stereocenters. The Bertz CT molecular complexity index is 170. The number of hydrogen-bond acceptors (Lipinski definition) is 4. The van der Waals surface area contributed by atoms with Gasteiger partial charge in [-0.1, -0.05) is 0 Å². The third-order valence-electron chi connectivity index (χ3n) is 2.00. The van der Waals surface area contributed by atoms with Crippen LogP contribution in [-0.4, -0.2) is 39.3 Å². The molecule has 1 aliphatic rings. The van der Waals surface area contributed by atoms with Crippen LogP contribution in [-0.2, 0) is 4.79 Å². The van der Waals surface area contributed by atoms with Gasteiger partial charge in [-0.3, -0.25) is 4.79 Å². The Balaban J connectivity index is 2.44. The van der Waals surface area contributed by atoms with E-state index >= 15 is 0 Å². The molecule has 0 amide bonds. The van der Waals surface area contributed by atoms with Crippen LogP contribution in [0.3, 0.4) is 0 Å². The van der Waals surface area contributed by atoms with Gasteiger partial charge in [-0.15, -0.1) is 0 Å². The van der Waals surface area contributed by atoms with E-state index < -0.39 is 18.1 Å². The first kappa shape index (κ1) is 9.83. The van der Waals surface area contributed by atoms with Gasteiger partial charge in [0.25, 0.3) is 0 Å². The van der Waals surface area contributed by atoms with Crippen LogP contribution in [0.25, 0.3) is 0 Å². The maximum absolute atomic E-state index is 10.4. The van der Waals surface area contributed by atoms with Crippen LogP contribution in [0.4, 0.5) is 0 Å². The summed E-state index contributed by atoms with van der Waals surface area (Å²) in [5, 5.41) is 18.0. The summed E-state index contributed by atoms with van der Waals surface area (Å²) in [5.74, 6) is -0.136. The zero-order valence-electron chi connectivity index (χ0n) is 6.64. The molecular formula is C7H13NO3S. The van der Waals surface area contributed by atoms with Gasteiger partial charge in [0.05, 0.1) is 6.10 Å². The molecule has 5 heteroatoms. The standard InChI is InChI=1S/C7H13NO3S/c8-5(7(10)11)6(9)4-2-1-3-12-4/h4-6,9H,1-3,8H2,(H,10,11). The number of aliphatic carboxylic acids is 1. The van der Waals surface area contributed by atoms with Crippen molar-refractivity contribution in [2.24, 2.45) is 5.73 Å². The SMILES string of the molecule is NC(C(=O)O)C(O)C1CCCS1. The first-order chi connectivity index (χ1) is 5.63. The Hall–Kier alpha value is -0.260. The minimum Gasteiger partial charge on any atom is -0.480 e. The minimum atomic E-state index is -1.14. The summed E-state index contributed by atoms with van der Waals surface area (Å²) in [5.41, 5.74) is 5.28. The highest BCUT2D eigenvalue weighted by atomic mass is 32.2. The van der Waals surface area contributed by atoms with E-state index in [1.54, 1.807) is 11.8 Å². The van der Waals surface area contributed by atoms with E-state index in [9.17, 15) is 9.90 Å². The van der Waals surface area contributed by atoms with Gasteiger partial charge in [0, 0.05) is 5.25 Å². The van der Waals surface area contributed by atoms with E-state index in [1.807, 2.05) is 0 Å². The average Bonchev–Trinajstić information content (AvgIpc) is 2.53. The number of carboxylic acids is 1. The van der Waals surface area contributed by atoms with E-state index in [4.69, 9.17) is 10.8 Å². The molecule has 3 atom stereocenters. The predicted molar refractivity (Wildman–Crippen MR) is 47.1 cm³/mol. The molecule has 70 valence electrons. The Kier molecular flexibility index (Phi) is 3.37. The van der Waals surface area contributed by atoms with Crippen LogP contribution in [0.1, 0.15) is 12.8 Å². The molecule has 1 fully saturated rings. The van der Waals surface area contributed by atoms with E-state index in [0.717, 1.165) is 18.6 Å². The summed E-state index contributed by atoms with van der Waals surface area (Å²) in [4.78, 5) is 10.4. The van der Waals surface area contributed by atoms with Crippen molar-refractivity contribution in [1.29, 1.82) is 0 Å². The van der Waals surface area contributed by atoms with E-state index in [-0.39, 0.29) is 5.25 Å². The first-order valence-electron chi connectivity index (χ1n) is 3.91. The maximum atomic E-state index is 10.4. The number of nitrogens with two attached hydrogens (primary N) is 1. The Morgan fingerprint density at radius 3 is 2.75 bits per heavy atom. The van der Waals surface area contributed by atoms with Crippen molar-refractivity contribution in [2.45, 2.75) is 30.2 Å². The molecule has 1 aliphatic heterocycles. The summed E-state index contributed by atoms with van der Waals surface area (Å²) in [6.07, 6.45) is 1.00. The predicted octanol–water partition coefficient (Wildman–Crippen LogP) is -0.345. The summed E-state index contributed by atoms with van der Waals surface area (Å²) < 4.78 is 0. The highest BCUT2D eigenvalue weighted by molar-refractivity contribution is 8.00.